The Morgan fingerprint density at radius 3 is 3.00 bits per heavy atom. The second-order valence-electron chi connectivity index (χ2n) is 5.53. The Hall–Kier alpha value is -1.55. The second-order valence-corrected chi connectivity index (χ2v) is 5.53. The number of hydrogen-bond donors (Lipinski definition) is 2. The van der Waals surface area contributed by atoms with E-state index in [9.17, 15) is 4.79 Å². The van der Waals surface area contributed by atoms with Crippen molar-refractivity contribution in [3.8, 4) is 5.75 Å². The molecule has 3 rings (SSSR count). The van der Waals surface area contributed by atoms with Gasteiger partial charge in [0, 0.05) is 17.5 Å². The quantitative estimate of drug-likeness (QED) is 0.851. The van der Waals surface area contributed by atoms with Crippen LogP contribution in [0.3, 0.4) is 0 Å². The van der Waals surface area contributed by atoms with Gasteiger partial charge in [-0.3, -0.25) is 4.79 Å². The number of fused-ring (bicyclic) bond motifs is 1. The fraction of sp³-hybridized carbons (Fsp3) is 0.533. The van der Waals surface area contributed by atoms with Crippen molar-refractivity contribution in [1.82, 2.24) is 5.32 Å². The third-order valence-electron chi connectivity index (χ3n) is 4.10. The van der Waals surface area contributed by atoms with Gasteiger partial charge in [0.2, 0.25) is 5.91 Å². The van der Waals surface area contributed by atoms with Gasteiger partial charge in [-0.05, 0) is 25.3 Å². The van der Waals surface area contributed by atoms with Gasteiger partial charge < -0.3 is 15.8 Å². The molecule has 1 aromatic rings. The maximum Gasteiger partial charge on any atom is 0.223 e. The molecule has 3 atom stereocenters. The van der Waals surface area contributed by atoms with Gasteiger partial charge in [0.15, 0.2) is 0 Å². The molecule has 4 heteroatoms. The maximum absolute atomic E-state index is 12.3. The van der Waals surface area contributed by atoms with E-state index in [1.165, 1.54) is 0 Å². The normalized spacial score (nSPS) is 29.4. The number of nitrogens with one attached hydrogen (secondary N) is 1. The molecule has 4 nitrogen and oxygen atoms in total. The van der Waals surface area contributed by atoms with Crippen LogP contribution >= 0.6 is 0 Å². The van der Waals surface area contributed by atoms with Gasteiger partial charge in [-0.2, -0.15) is 0 Å². The van der Waals surface area contributed by atoms with Crippen molar-refractivity contribution in [1.29, 1.82) is 0 Å². The summed E-state index contributed by atoms with van der Waals surface area (Å²) in [6, 6.07) is 8.04. The maximum atomic E-state index is 12.3. The van der Waals surface area contributed by atoms with E-state index < -0.39 is 0 Å². The van der Waals surface area contributed by atoms with Crippen LogP contribution in [0, 0.1) is 5.92 Å². The largest absolute Gasteiger partial charge is 0.491 e. The fourth-order valence-corrected chi connectivity index (χ4v) is 3.04. The van der Waals surface area contributed by atoms with Crippen LogP contribution in [0.1, 0.15) is 37.3 Å². The number of rotatable bonds is 2. The lowest BCUT2D eigenvalue weighted by atomic mass is 9.85. The van der Waals surface area contributed by atoms with E-state index in [1.807, 2.05) is 24.3 Å². The molecular formula is C15H20N2O2. The first kappa shape index (κ1) is 12.5. The van der Waals surface area contributed by atoms with Crippen LogP contribution in [0.5, 0.6) is 5.75 Å². The first-order valence-corrected chi connectivity index (χ1v) is 7.01. The molecule has 3 unspecified atom stereocenters. The number of amides is 1. The Morgan fingerprint density at radius 2 is 2.16 bits per heavy atom. The van der Waals surface area contributed by atoms with Crippen LogP contribution in [0.15, 0.2) is 24.3 Å². The lowest BCUT2D eigenvalue weighted by molar-refractivity contribution is -0.127. The molecule has 0 saturated heterocycles. The number of nitrogens with two attached hydrogens (primary N) is 1. The predicted octanol–water partition coefficient (Wildman–Crippen LogP) is 1.75. The molecule has 2 aliphatic rings. The summed E-state index contributed by atoms with van der Waals surface area (Å²) in [5.41, 5.74) is 7.02. The van der Waals surface area contributed by atoms with Crippen LogP contribution in [-0.2, 0) is 4.79 Å². The molecule has 1 saturated carbocycles. The third kappa shape index (κ3) is 2.59. The van der Waals surface area contributed by atoms with E-state index in [-0.39, 0.29) is 23.9 Å². The Balaban J connectivity index is 1.64. The number of para-hydroxylation sites is 1. The summed E-state index contributed by atoms with van der Waals surface area (Å²) in [4.78, 5) is 12.3. The van der Waals surface area contributed by atoms with Gasteiger partial charge in [-0.25, -0.2) is 0 Å². The fourth-order valence-electron chi connectivity index (χ4n) is 3.04. The minimum absolute atomic E-state index is 0.0122. The SMILES string of the molecule is NC1CCCC(C(=O)NC2COc3ccccc32)C1. The lowest BCUT2D eigenvalue weighted by Gasteiger charge is -2.26. The molecule has 0 radical (unpaired) electrons. The van der Waals surface area contributed by atoms with Crippen molar-refractivity contribution in [3.05, 3.63) is 29.8 Å². The summed E-state index contributed by atoms with van der Waals surface area (Å²) in [6.45, 7) is 0.532. The summed E-state index contributed by atoms with van der Waals surface area (Å²) < 4.78 is 5.58. The van der Waals surface area contributed by atoms with Crippen molar-refractivity contribution in [3.63, 3.8) is 0 Å². The Kier molecular flexibility index (Phi) is 3.42. The number of benzene rings is 1. The smallest absolute Gasteiger partial charge is 0.223 e. The highest BCUT2D eigenvalue weighted by atomic mass is 16.5. The van der Waals surface area contributed by atoms with E-state index in [4.69, 9.17) is 10.5 Å². The molecule has 0 bridgehead atoms. The third-order valence-corrected chi connectivity index (χ3v) is 4.10. The lowest BCUT2D eigenvalue weighted by Crippen LogP contribution is -2.39. The summed E-state index contributed by atoms with van der Waals surface area (Å²) >= 11 is 0. The molecule has 0 aromatic heterocycles. The zero-order chi connectivity index (χ0) is 13.2. The van der Waals surface area contributed by atoms with Gasteiger partial charge >= 0.3 is 0 Å². The first-order valence-electron chi connectivity index (χ1n) is 7.01. The van der Waals surface area contributed by atoms with E-state index in [1.54, 1.807) is 0 Å². The van der Waals surface area contributed by atoms with Crippen molar-refractivity contribution >= 4 is 5.91 Å². The molecule has 1 aliphatic heterocycles. The van der Waals surface area contributed by atoms with Crippen molar-refractivity contribution in [2.75, 3.05) is 6.61 Å². The molecule has 19 heavy (non-hydrogen) atoms. The topological polar surface area (TPSA) is 64.4 Å². The average Bonchev–Trinajstić information content (AvgIpc) is 2.82. The van der Waals surface area contributed by atoms with Crippen LogP contribution in [0.2, 0.25) is 0 Å². The summed E-state index contributed by atoms with van der Waals surface area (Å²) in [5.74, 6) is 1.07. The van der Waals surface area contributed by atoms with Gasteiger partial charge in [-0.15, -0.1) is 0 Å². The first-order chi connectivity index (χ1) is 9.24. The molecule has 102 valence electrons. The molecule has 0 spiro atoms. The van der Waals surface area contributed by atoms with Crippen LogP contribution in [0.25, 0.3) is 0 Å². The molecule has 3 N–H and O–H groups in total. The van der Waals surface area contributed by atoms with Crippen LogP contribution < -0.4 is 15.8 Å². The summed E-state index contributed by atoms with van der Waals surface area (Å²) in [5, 5.41) is 3.11. The predicted molar refractivity (Wildman–Crippen MR) is 72.8 cm³/mol. The van der Waals surface area contributed by atoms with Crippen LogP contribution in [-0.4, -0.2) is 18.6 Å². The second kappa shape index (κ2) is 5.21. The molecular weight excluding hydrogens is 240 g/mol. The molecule has 1 heterocycles. The highest BCUT2D eigenvalue weighted by Gasteiger charge is 2.30. The zero-order valence-electron chi connectivity index (χ0n) is 11.0. The molecule has 1 amide bonds. The van der Waals surface area contributed by atoms with Crippen molar-refractivity contribution in [2.45, 2.75) is 37.8 Å². The van der Waals surface area contributed by atoms with E-state index >= 15 is 0 Å². The average molecular weight is 260 g/mol. The van der Waals surface area contributed by atoms with Gasteiger partial charge in [-0.1, -0.05) is 24.6 Å². The van der Waals surface area contributed by atoms with E-state index in [0.717, 1.165) is 37.0 Å². The molecule has 1 aliphatic carbocycles. The number of carbonyl (C=O) groups excluding carboxylic acids is 1. The van der Waals surface area contributed by atoms with Crippen LogP contribution in [0.4, 0.5) is 0 Å². The number of ether oxygens (including phenoxy) is 1. The standard InChI is InChI=1S/C15H20N2O2/c16-11-5-3-4-10(8-11)15(18)17-13-9-19-14-7-2-1-6-12(13)14/h1-2,6-7,10-11,13H,3-5,8-9,16H2,(H,17,18). The molecule has 1 aromatic carbocycles. The Bertz CT molecular complexity index is 475. The van der Waals surface area contributed by atoms with Gasteiger partial charge in [0.1, 0.15) is 12.4 Å². The van der Waals surface area contributed by atoms with E-state index in [0.29, 0.717) is 6.61 Å². The molecule has 1 fully saturated rings. The Labute approximate surface area is 113 Å². The van der Waals surface area contributed by atoms with Gasteiger partial charge in [0.25, 0.3) is 0 Å². The monoisotopic (exact) mass is 260 g/mol. The highest BCUT2D eigenvalue weighted by Crippen LogP contribution is 2.32. The highest BCUT2D eigenvalue weighted by molar-refractivity contribution is 5.79. The number of hydrogen-bond acceptors (Lipinski definition) is 3. The zero-order valence-corrected chi connectivity index (χ0v) is 11.0. The number of carbonyl (C=O) groups is 1. The summed E-state index contributed by atoms with van der Waals surface area (Å²) in [7, 11) is 0. The summed E-state index contributed by atoms with van der Waals surface area (Å²) in [6.07, 6.45) is 3.85. The van der Waals surface area contributed by atoms with E-state index in [2.05, 4.69) is 5.32 Å². The minimum Gasteiger partial charge on any atom is -0.491 e. The van der Waals surface area contributed by atoms with Crippen molar-refractivity contribution in [2.24, 2.45) is 11.7 Å². The van der Waals surface area contributed by atoms with Crippen molar-refractivity contribution < 1.29 is 9.53 Å². The minimum atomic E-state index is -0.0122. The van der Waals surface area contributed by atoms with Gasteiger partial charge in [0.05, 0.1) is 6.04 Å². The Morgan fingerprint density at radius 1 is 1.32 bits per heavy atom.